The highest BCUT2D eigenvalue weighted by Gasteiger charge is 1.93. The maximum atomic E-state index is 4.25. The van der Waals surface area contributed by atoms with Crippen LogP contribution in [0.3, 0.4) is 0 Å². The zero-order chi connectivity index (χ0) is 6.85. The predicted octanol–water partition coefficient (Wildman–Crippen LogP) is 2.60. The van der Waals surface area contributed by atoms with Gasteiger partial charge in [0.25, 0.3) is 0 Å². The molecule has 0 fully saturated rings. The number of hydrogen-bond donors (Lipinski definition) is 0. The van der Waals surface area contributed by atoms with E-state index in [2.05, 4.69) is 56.2 Å². The fourth-order valence-electron chi connectivity index (χ4n) is 0.513. The van der Waals surface area contributed by atoms with Crippen LogP contribution in [0, 0.1) is 14.2 Å². The molecule has 0 N–H and O–H groups in total. The zero-order valence-corrected chi connectivity index (χ0v) is 9.17. The summed E-state index contributed by atoms with van der Waals surface area (Å²) in [5.41, 5.74) is 1.11. The molecule has 0 unspecified atom stereocenters. The second-order valence-corrected chi connectivity index (χ2v) is 3.97. The number of nitrogens with zero attached hydrogens (tertiary/aromatic N) is 1. The van der Waals surface area contributed by atoms with Crippen LogP contribution in [-0.2, 0) is 0 Å². The molecule has 0 aliphatic carbocycles. The van der Waals surface area contributed by atoms with E-state index in [0.29, 0.717) is 0 Å². The minimum atomic E-state index is 1.06. The van der Waals surface area contributed by atoms with Crippen LogP contribution in [0.2, 0.25) is 0 Å². The standard InChI is InChI=1S/C6H5I2N/c1-4-5(7)2-3-6(8)9-4/h2-3H,1H3. The van der Waals surface area contributed by atoms with Crippen LogP contribution in [0.15, 0.2) is 12.1 Å². The van der Waals surface area contributed by atoms with E-state index in [9.17, 15) is 0 Å². The summed E-state index contributed by atoms with van der Waals surface area (Å²) in [6, 6.07) is 4.08. The van der Waals surface area contributed by atoms with Gasteiger partial charge in [-0.2, -0.15) is 0 Å². The van der Waals surface area contributed by atoms with Crippen molar-refractivity contribution in [1.82, 2.24) is 4.98 Å². The normalized spacial score (nSPS) is 9.67. The molecule has 1 aromatic heterocycles. The Kier molecular flexibility index (Phi) is 2.69. The van der Waals surface area contributed by atoms with E-state index in [4.69, 9.17) is 0 Å². The van der Waals surface area contributed by atoms with Gasteiger partial charge >= 0.3 is 0 Å². The summed E-state index contributed by atoms with van der Waals surface area (Å²) in [6.07, 6.45) is 0. The monoisotopic (exact) mass is 345 g/mol. The lowest BCUT2D eigenvalue weighted by atomic mass is 10.4. The van der Waals surface area contributed by atoms with E-state index in [1.54, 1.807) is 0 Å². The maximum Gasteiger partial charge on any atom is 0.101 e. The molecule has 0 atom stereocenters. The van der Waals surface area contributed by atoms with Gasteiger partial charge < -0.3 is 0 Å². The third-order valence-electron chi connectivity index (χ3n) is 0.987. The van der Waals surface area contributed by atoms with Gasteiger partial charge in [-0.3, -0.25) is 0 Å². The van der Waals surface area contributed by atoms with Gasteiger partial charge in [-0.05, 0) is 64.2 Å². The number of hydrogen-bond acceptors (Lipinski definition) is 1. The molecule has 1 rings (SSSR count). The molecule has 3 heteroatoms. The molecule has 0 aromatic carbocycles. The Hall–Kier alpha value is 0.610. The van der Waals surface area contributed by atoms with Crippen molar-refractivity contribution in [3.8, 4) is 0 Å². The van der Waals surface area contributed by atoms with Gasteiger partial charge in [-0.15, -0.1) is 0 Å². The summed E-state index contributed by atoms with van der Waals surface area (Å²) >= 11 is 4.48. The summed E-state index contributed by atoms with van der Waals surface area (Å²) in [5, 5.41) is 0. The second-order valence-electron chi connectivity index (χ2n) is 1.70. The van der Waals surface area contributed by atoms with Crippen LogP contribution in [0.5, 0.6) is 0 Å². The van der Waals surface area contributed by atoms with Crippen molar-refractivity contribution in [3.05, 3.63) is 25.1 Å². The SMILES string of the molecule is Cc1nc(I)ccc1I. The topological polar surface area (TPSA) is 12.9 Å². The van der Waals surface area contributed by atoms with Crippen molar-refractivity contribution in [2.24, 2.45) is 0 Å². The highest BCUT2D eigenvalue weighted by Crippen LogP contribution is 2.10. The minimum Gasteiger partial charge on any atom is -0.246 e. The van der Waals surface area contributed by atoms with Crippen molar-refractivity contribution in [1.29, 1.82) is 0 Å². The van der Waals surface area contributed by atoms with Crippen LogP contribution in [0.25, 0.3) is 0 Å². The number of aryl methyl sites for hydroxylation is 1. The molecule has 0 radical (unpaired) electrons. The Balaban J connectivity index is 3.17. The summed E-state index contributed by atoms with van der Waals surface area (Å²) < 4.78 is 2.29. The highest BCUT2D eigenvalue weighted by molar-refractivity contribution is 14.1. The van der Waals surface area contributed by atoms with Crippen LogP contribution in [-0.4, -0.2) is 4.98 Å². The molecule has 0 amide bonds. The van der Waals surface area contributed by atoms with Gasteiger partial charge in [0.1, 0.15) is 3.70 Å². The lowest BCUT2D eigenvalue weighted by Gasteiger charge is -1.94. The molecule has 0 saturated carbocycles. The lowest BCUT2D eigenvalue weighted by molar-refractivity contribution is 1.14. The van der Waals surface area contributed by atoms with Crippen molar-refractivity contribution < 1.29 is 0 Å². The zero-order valence-electron chi connectivity index (χ0n) is 4.86. The van der Waals surface area contributed by atoms with Crippen molar-refractivity contribution >= 4 is 45.2 Å². The number of halogens is 2. The minimum absolute atomic E-state index is 1.06. The fourth-order valence-corrected chi connectivity index (χ4v) is 1.36. The maximum absolute atomic E-state index is 4.25. The molecule has 0 spiro atoms. The third kappa shape index (κ3) is 2.03. The quantitative estimate of drug-likeness (QED) is 0.521. The molecule has 0 saturated heterocycles. The molecule has 0 aliphatic heterocycles. The summed E-state index contributed by atoms with van der Waals surface area (Å²) in [4.78, 5) is 4.25. The van der Waals surface area contributed by atoms with E-state index in [-0.39, 0.29) is 0 Å². The third-order valence-corrected chi connectivity index (χ3v) is 2.73. The Morgan fingerprint density at radius 2 is 2.00 bits per heavy atom. The molecule has 1 heterocycles. The number of rotatable bonds is 0. The van der Waals surface area contributed by atoms with Crippen molar-refractivity contribution in [3.63, 3.8) is 0 Å². The van der Waals surface area contributed by atoms with E-state index in [1.165, 1.54) is 3.57 Å². The first kappa shape index (κ1) is 7.71. The molecule has 9 heavy (non-hydrogen) atoms. The molecule has 0 aliphatic rings. The van der Waals surface area contributed by atoms with Crippen molar-refractivity contribution in [2.75, 3.05) is 0 Å². The van der Waals surface area contributed by atoms with Gasteiger partial charge in [0.05, 0.1) is 5.69 Å². The average molecular weight is 345 g/mol. The fraction of sp³-hybridized carbons (Fsp3) is 0.167. The molecule has 48 valence electrons. The van der Waals surface area contributed by atoms with Gasteiger partial charge in [0.2, 0.25) is 0 Å². The van der Waals surface area contributed by atoms with Crippen LogP contribution >= 0.6 is 45.2 Å². The van der Waals surface area contributed by atoms with Crippen LogP contribution < -0.4 is 0 Å². The van der Waals surface area contributed by atoms with E-state index in [0.717, 1.165) is 9.39 Å². The molecule has 1 nitrogen and oxygen atoms in total. The molecule has 0 bridgehead atoms. The number of aromatic nitrogens is 1. The lowest BCUT2D eigenvalue weighted by Crippen LogP contribution is -1.87. The first-order valence-corrected chi connectivity index (χ1v) is 4.64. The largest absolute Gasteiger partial charge is 0.246 e. The smallest absolute Gasteiger partial charge is 0.101 e. The van der Waals surface area contributed by atoms with E-state index < -0.39 is 0 Å². The molecule has 1 aromatic rings. The Labute approximate surface area is 81.5 Å². The average Bonchev–Trinajstić information content (AvgIpc) is 1.80. The van der Waals surface area contributed by atoms with Gasteiger partial charge in [0.15, 0.2) is 0 Å². The first-order valence-electron chi connectivity index (χ1n) is 2.49. The van der Waals surface area contributed by atoms with Gasteiger partial charge in [-0.1, -0.05) is 0 Å². The summed E-state index contributed by atoms with van der Waals surface area (Å²) in [7, 11) is 0. The molecular weight excluding hydrogens is 340 g/mol. The Morgan fingerprint density at radius 1 is 1.33 bits per heavy atom. The Morgan fingerprint density at radius 3 is 2.44 bits per heavy atom. The van der Waals surface area contributed by atoms with Crippen LogP contribution in [0.4, 0.5) is 0 Å². The second kappa shape index (κ2) is 3.14. The van der Waals surface area contributed by atoms with Gasteiger partial charge in [-0.25, -0.2) is 4.98 Å². The van der Waals surface area contributed by atoms with Crippen LogP contribution in [0.1, 0.15) is 5.69 Å². The van der Waals surface area contributed by atoms with Crippen molar-refractivity contribution in [2.45, 2.75) is 6.92 Å². The van der Waals surface area contributed by atoms with E-state index in [1.807, 2.05) is 13.0 Å². The Bertz CT molecular complexity index is 222. The first-order chi connectivity index (χ1) is 4.20. The summed E-state index contributed by atoms with van der Waals surface area (Å²) in [6.45, 7) is 2.02. The van der Waals surface area contributed by atoms with Gasteiger partial charge in [0, 0.05) is 3.57 Å². The highest BCUT2D eigenvalue weighted by atomic mass is 127. The summed E-state index contributed by atoms with van der Waals surface area (Å²) in [5.74, 6) is 0. The number of pyridine rings is 1. The predicted molar refractivity (Wildman–Crippen MR) is 54.4 cm³/mol. The van der Waals surface area contributed by atoms with E-state index >= 15 is 0 Å². The molecular formula is C6H5I2N.